The fraction of sp³-hybridized carbons (Fsp3) is 0.0909. The first kappa shape index (κ1) is 15.3. The average Bonchev–Trinajstić information content (AvgIpc) is 3.30. The third kappa shape index (κ3) is 2.30. The molecular weight excluding hydrogens is 360 g/mol. The van der Waals surface area contributed by atoms with Gasteiger partial charge in [-0.3, -0.25) is 0 Å². The summed E-state index contributed by atoms with van der Waals surface area (Å²) >= 11 is 5.76. The number of hydrogen-bond donors (Lipinski definition) is 0. The van der Waals surface area contributed by atoms with Gasteiger partial charge in [-0.15, -0.1) is 34.0 Å². The summed E-state index contributed by atoms with van der Waals surface area (Å²) in [5, 5.41) is 6.48. The lowest BCUT2D eigenvalue weighted by molar-refractivity contribution is 1.54. The lowest BCUT2D eigenvalue weighted by Gasteiger charge is -1.98. The van der Waals surface area contributed by atoms with Crippen LogP contribution in [0.25, 0.3) is 40.4 Å². The maximum atomic E-state index is 2.28. The van der Waals surface area contributed by atoms with Crippen molar-refractivity contribution < 1.29 is 0 Å². The molecule has 0 saturated carbocycles. The van der Waals surface area contributed by atoms with Gasteiger partial charge in [0.25, 0.3) is 0 Å². The first-order chi connectivity index (χ1) is 12.2. The first-order valence-electron chi connectivity index (χ1n) is 8.28. The zero-order valence-electron chi connectivity index (χ0n) is 14.0. The molecule has 0 atom stereocenters. The minimum Gasteiger partial charge on any atom is -0.133 e. The maximum absolute atomic E-state index is 2.28. The van der Waals surface area contributed by atoms with E-state index in [2.05, 4.69) is 73.8 Å². The van der Waals surface area contributed by atoms with Crippen molar-refractivity contribution in [3.8, 4) is 20.2 Å². The molecule has 0 amide bonds. The zero-order valence-corrected chi connectivity index (χ0v) is 16.4. The van der Waals surface area contributed by atoms with Crippen LogP contribution in [-0.2, 0) is 0 Å². The molecule has 3 heterocycles. The third-order valence-electron chi connectivity index (χ3n) is 4.71. The first-order valence-corrected chi connectivity index (χ1v) is 10.8. The number of rotatable bonds is 2. The molecule has 0 bridgehead atoms. The maximum Gasteiger partial charge on any atom is 0.0877 e. The Morgan fingerprint density at radius 3 is 2.08 bits per heavy atom. The molecule has 0 radical (unpaired) electrons. The average molecular weight is 377 g/mol. The Hall–Kier alpha value is -1.94. The third-order valence-corrected chi connectivity index (χ3v) is 8.66. The van der Waals surface area contributed by atoms with Crippen molar-refractivity contribution in [2.24, 2.45) is 0 Å². The highest BCUT2D eigenvalue weighted by Crippen LogP contribution is 2.50. The van der Waals surface area contributed by atoms with Crippen LogP contribution < -0.4 is 0 Å². The minimum atomic E-state index is 1.31. The molecule has 0 nitrogen and oxygen atoms in total. The number of benzene rings is 2. The molecule has 122 valence electrons. The van der Waals surface area contributed by atoms with Crippen LogP contribution in [-0.4, -0.2) is 0 Å². The Labute approximate surface area is 159 Å². The summed E-state index contributed by atoms with van der Waals surface area (Å²) in [7, 11) is 0. The van der Waals surface area contributed by atoms with Gasteiger partial charge in [0.2, 0.25) is 0 Å². The van der Waals surface area contributed by atoms with Gasteiger partial charge in [0.1, 0.15) is 0 Å². The molecule has 0 aliphatic rings. The van der Waals surface area contributed by atoms with Crippen LogP contribution >= 0.6 is 34.0 Å². The summed E-state index contributed by atoms with van der Waals surface area (Å²) in [4.78, 5) is 4.23. The molecule has 0 unspecified atom stereocenters. The van der Waals surface area contributed by atoms with Crippen LogP contribution in [0.3, 0.4) is 0 Å². The zero-order chi connectivity index (χ0) is 17.0. The van der Waals surface area contributed by atoms with Crippen molar-refractivity contribution in [1.29, 1.82) is 0 Å². The van der Waals surface area contributed by atoms with E-state index in [1.165, 1.54) is 51.5 Å². The van der Waals surface area contributed by atoms with E-state index in [-0.39, 0.29) is 0 Å². The normalized spacial score (nSPS) is 11.6. The van der Waals surface area contributed by atoms with Gasteiger partial charge < -0.3 is 0 Å². The topological polar surface area (TPSA) is 0 Å². The molecule has 0 N–H and O–H groups in total. The van der Waals surface area contributed by atoms with E-state index in [0.29, 0.717) is 0 Å². The van der Waals surface area contributed by atoms with Crippen LogP contribution in [0, 0.1) is 13.8 Å². The monoisotopic (exact) mass is 376 g/mol. The van der Waals surface area contributed by atoms with Crippen LogP contribution in [0.4, 0.5) is 0 Å². The highest BCUT2D eigenvalue weighted by Gasteiger charge is 2.19. The molecule has 3 aromatic heterocycles. The largest absolute Gasteiger partial charge is 0.133 e. The quantitative estimate of drug-likeness (QED) is 0.292. The predicted octanol–water partition coefficient (Wildman–Crippen LogP) is 8.13. The molecule has 0 aliphatic carbocycles. The predicted molar refractivity (Wildman–Crippen MR) is 115 cm³/mol. The van der Waals surface area contributed by atoms with Gasteiger partial charge in [0.15, 0.2) is 0 Å². The van der Waals surface area contributed by atoms with Gasteiger partial charge in [-0.05, 0) is 35.9 Å². The fourth-order valence-corrected chi connectivity index (χ4v) is 7.52. The molecule has 0 saturated heterocycles. The van der Waals surface area contributed by atoms with E-state index < -0.39 is 0 Å². The SMILES string of the molecule is Cc1csc2sc(-c3sc(-c4ccccc4)c4ccccc34)c(C)c12. The van der Waals surface area contributed by atoms with Crippen LogP contribution in [0.15, 0.2) is 60.0 Å². The van der Waals surface area contributed by atoms with E-state index in [1.54, 1.807) is 0 Å². The molecule has 5 aromatic rings. The standard InChI is InChI=1S/C22H16S3/c1-13-12-23-22-18(13)14(2)19(25-22)21-17-11-7-6-10-16(17)20(24-21)15-8-4-3-5-9-15/h3-12H,1-2H3. The van der Waals surface area contributed by atoms with Gasteiger partial charge in [-0.25, -0.2) is 0 Å². The van der Waals surface area contributed by atoms with Gasteiger partial charge >= 0.3 is 0 Å². The molecule has 0 aliphatic heterocycles. The number of thiophene rings is 3. The second-order valence-corrected chi connectivity index (χ2v) is 9.49. The highest BCUT2D eigenvalue weighted by molar-refractivity contribution is 7.40. The Bertz CT molecular complexity index is 1200. The lowest BCUT2D eigenvalue weighted by atomic mass is 10.1. The smallest absolute Gasteiger partial charge is 0.0877 e. The van der Waals surface area contributed by atoms with Crippen molar-refractivity contribution in [2.75, 3.05) is 0 Å². The van der Waals surface area contributed by atoms with Crippen molar-refractivity contribution in [3.05, 3.63) is 71.1 Å². The van der Waals surface area contributed by atoms with Gasteiger partial charge in [0.05, 0.1) is 8.89 Å². The van der Waals surface area contributed by atoms with Gasteiger partial charge in [0, 0.05) is 25.9 Å². The van der Waals surface area contributed by atoms with Crippen LogP contribution in [0.5, 0.6) is 0 Å². The Morgan fingerprint density at radius 1 is 0.680 bits per heavy atom. The minimum absolute atomic E-state index is 1.31. The molecule has 25 heavy (non-hydrogen) atoms. The molecule has 0 spiro atoms. The second kappa shape index (κ2) is 5.80. The van der Waals surface area contributed by atoms with Crippen LogP contribution in [0.1, 0.15) is 11.1 Å². The Morgan fingerprint density at radius 2 is 1.36 bits per heavy atom. The lowest BCUT2D eigenvalue weighted by Crippen LogP contribution is -1.74. The van der Waals surface area contributed by atoms with Crippen molar-refractivity contribution in [2.45, 2.75) is 13.8 Å². The molecular formula is C22H16S3. The fourth-order valence-electron chi connectivity index (χ4n) is 3.51. The Kier molecular flexibility index (Phi) is 3.56. The van der Waals surface area contributed by atoms with E-state index in [0.717, 1.165) is 0 Å². The second-order valence-electron chi connectivity index (χ2n) is 6.31. The van der Waals surface area contributed by atoms with Gasteiger partial charge in [-0.1, -0.05) is 54.6 Å². The Balaban J connectivity index is 1.83. The summed E-state index contributed by atoms with van der Waals surface area (Å²) in [5.74, 6) is 0. The van der Waals surface area contributed by atoms with E-state index in [9.17, 15) is 0 Å². The summed E-state index contributed by atoms with van der Waals surface area (Å²) in [6.45, 7) is 4.51. The molecule has 3 heteroatoms. The van der Waals surface area contributed by atoms with E-state index in [1.807, 2.05) is 34.0 Å². The summed E-state index contributed by atoms with van der Waals surface area (Å²) < 4.78 is 1.45. The van der Waals surface area contributed by atoms with Crippen molar-refractivity contribution in [1.82, 2.24) is 0 Å². The van der Waals surface area contributed by atoms with E-state index in [4.69, 9.17) is 0 Å². The van der Waals surface area contributed by atoms with Gasteiger partial charge in [-0.2, -0.15) is 0 Å². The molecule has 0 fully saturated rings. The molecule has 2 aromatic carbocycles. The number of hydrogen-bond acceptors (Lipinski definition) is 3. The van der Waals surface area contributed by atoms with Crippen LogP contribution in [0.2, 0.25) is 0 Å². The van der Waals surface area contributed by atoms with Crippen molar-refractivity contribution in [3.63, 3.8) is 0 Å². The molecule has 5 rings (SSSR count). The van der Waals surface area contributed by atoms with E-state index >= 15 is 0 Å². The summed E-state index contributed by atoms with van der Waals surface area (Å²) in [6, 6.07) is 19.6. The van der Waals surface area contributed by atoms with Crippen molar-refractivity contribution >= 4 is 54.2 Å². The number of aryl methyl sites for hydroxylation is 2. The highest BCUT2D eigenvalue weighted by atomic mass is 32.2. The summed E-state index contributed by atoms with van der Waals surface area (Å²) in [5.41, 5.74) is 4.15. The number of fused-ring (bicyclic) bond motifs is 2. The summed E-state index contributed by atoms with van der Waals surface area (Å²) in [6.07, 6.45) is 0.